The Morgan fingerprint density at radius 3 is 2.69 bits per heavy atom. The van der Waals surface area contributed by atoms with E-state index in [1.165, 1.54) is 9.88 Å². The molecule has 0 bridgehead atoms. The predicted octanol–water partition coefficient (Wildman–Crippen LogP) is 2.80. The Balaban J connectivity index is 2.49. The Bertz CT molecular complexity index is 256. The minimum absolute atomic E-state index is 0.121. The van der Waals surface area contributed by atoms with Gasteiger partial charge in [-0.2, -0.15) is 11.8 Å². The van der Waals surface area contributed by atoms with Crippen LogP contribution in [0.2, 0.25) is 0 Å². The van der Waals surface area contributed by atoms with Crippen molar-refractivity contribution in [3.63, 3.8) is 0 Å². The van der Waals surface area contributed by atoms with E-state index in [4.69, 9.17) is 5.73 Å². The molecule has 0 fully saturated rings. The second kappa shape index (κ2) is 4.98. The van der Waals surface area contributed by atoms with Gasteiger partial charge in [0.2, 0.25) is 0 Å². The molecule has 0 amide bonds. The van der Waals surface area contributed by atoms with Gasteiger partial charge in [0, 0.05) is 22.9 Å². The summed E-state index contributed by atoms with van der Waals surface area (Å²) < 4.78 is 0. The van der Waals surface area contributed by atoms with Crippen LogP contribution < -0.4 is 5.73 Å². The van der Waals surface area contributed by atoms with Gasteiger partial charge in [-0.05, 0) is 12.2 Å². The van der Waals surface area contributed by atoms with Gasteiger partial charge in [-0.3, -0.25) is 0 Å². The lowest BCUT2D eigenvalue weighted by atomic mass is 10.3. The summed E-state index contributed by atoms with van der Waals surface area (Å²) in [5, 5.41) is 1.86. The maximum Gasteiger partial charge on any atom is 0.103 e. The van der Waals surface area contributed by atoms with Crippen molar-refractivity contribution in [2.24, 2.45) is 5.73 Å². The van der Waals surface area contributed by atoms with E-state index in [-0.39, 0.29) is 6.04 Å². The van der Waals surface area contributed by atoms with Crippen molar-refractivity contribution in [1.29, 1.82) is 0 Å². The molecular formula is C9H16N2S2. The first kappa shape index (κ1) is 11.0. The van der Waals surface area contributed by atoms with Gasteiger partial charge in [-0.25, -0.2) is 4.98 Å². The summed E-state index contributed by atoms with van der Waals surface area (Å²) in [4.78, 5) is 5.51. The van der Waals surface area contributed by atoms with Gasteiger partial charge < -0.3 is 5.73 Å². The molecule has 0 aliphatic rings. The number of hydrogen-bond acceptors (Lipinski definition) is 4. The minimum atomic E-state index is 0.121. The number of aromatic nitrogens is 1. The van der Waals surface area contributed by atoms with E-state index in [2.05, 4.69) is 18.8 Å². The van der Waals surface area contributed by atoms with E-state index in [9.17, 15) is 0 Å². The monoisotopic (exact) mass is 216 g/mol. The fraction of sp³-hybridized carbons (Fsp3) is 0.667. The normalized spacial score (nSPS) is 13.6. The first-order valence-electron chi connectivity index (χ1n) is 4.41. The molecule has 0 radical (unpaired) electrons. The quantitative estimate of drug-likeness (QED) is 0.841. The molecule has 2 nitrogen and oxygen atoms in total. The molecule has 1 rings (SSSR count). The molecule has 13 heavy (non-hydrogen) atoms. The van der Waals surface area contributed by atoms with Crippen LogP contribution in [0.15, 0.2) is 6.20 Å². The molecule has 0 spiro atoms. The van der Waals surface area contributed by atoms with E-state index in [1.54, 1.807) is 11.3 Å². The average Bonchev–Trinajstić information content (AvgIpc) is 2.48. The third-order valence-electron chi connectivity index (χ3n) is 1.56. The fourth-order valence-corrected chi connectivity index (χ4v) is 2.50. The largest absolute Gasteiger partial charge is 0.323 e. The predicted molar refractivity (Wildman–Crippen MR) is 61.1 cm³/mol. The van der Waals surface area contributed by atoms with Gasteiger partial charge in [0.25, 0.3) is 0 Å². The summed E-state index contributed by atoms with van der Waals surface area (Å²) in [6.07, 6.45) is 1.89. The molecule has 1 atom stereocenters. The van der Waals surface area contributed by atoms with E-state index in [0.29, 0.717) is 5.25 Å². The standard InChI is InChI=1S/C9H16N2S2/c1-6(2)12-5-9-11-4-8(13-9)7(3)10/h4,6-7H,5,10H2,1-3H3. The molecule has 0 aliphatic heterocycles. The van der Waals surface area contributed by atoms with Gasteiger partial charge in [-0.15, -0.1) is 11.3 Å². The zero-order valence-electron chi connectivity index (χ0n) is 8.28. The SMILES string of the molecule is CC(C)SCc1ncc(C(C)N)s1. The van der Waals surface area contributed by atoms with Crippen LogP contribution in [0.25, 0.3) is 0 Å². The van der Waals surface area contributed by atoms with Gasteiger partial charge in [-0.1, -0.05) is 13.8 Å². The highest BCUT2D eigenvalue weighted by molar-refractivity contribution is 7.99. The summed E-state index contributed by atoms with van der Waals surface area (Å²) in [6.45, 7) is 6.39. The zero-order valence-corrected chi connectivity index (χ0v) is 9.91. The van der Waals surface area contributed by atoms with Crippen LogP contribution in [-0.4, -0.2) is 10.2 Å². The molecule has 0 saturated carbocycles. The summed E-state index contributed by atoms with van der Waals surface area (Å²) in [7, 11) is 0. The molecule has 0 aromatic carbocycles. The van der Waals surface area contributed by atoms with E-state index >= 15 is 0 Å². The maximum atomic E-state index is 5.75. The fourth-order valence-electron chi connectivity index (χ4n) is 0.840. The lowest BCUT2D eigenvalue weighted by Gasteiger charge is -2.01. The highest BCUT2D eigenvalue weighted by Gasteiger charge is 2.06. The number of nitrogens with two attached hydrogens (primary N) is 1. The van der Waals surface area contributed by atoms with Gasteiger partial charge in [0.05, 0.1) is 0 Å². The summed E-state index contributed by atoms with van der Waals surface area (Å²) in [5.41, 5.74) is 5.75. The van der Waals surface area contributed by atoms with Crippen molar-refractivity contribution in [2.75, 3.05) is 0 Å². The zero-order chi connectivity index (χ0) is 9.84. The van der Waals surface area contributed by atoms with Gasteiger partial charge in [0.1, 0.15) is 5.01 Å². The average molecular weight is 216 g/mol. The molecule has 1 heterocycles. The number of nitrogens with zero attached hydrogens (tertiary/aromatic N) is 1. The van der Waals surface area contributed by atoms with Crippen LogP contribution in [0.5, 0.6) is 0 Å². The summed E-state index contributed by atoms with van der Waals surface area (Å²) in [6, 6.07) is 0.121. The van der Waals surface area contributed by atoms with Crippen LogP contribution in [0.4, 0.5) is 0 Å². The number of hydrogen-bond donors (Lipinski definition) is 1. The van der Waals surface area contributed by atoms with Crippen molar-refractivity contribution >= 4 is 23.1 Å². The molecule has 4 heteroatoms. The van der Waals surface area contributed by atoms with Crippen molar-refractivity contribution in [3.05, 3.63) is 16.1 Å². The molecule has 1 aromatic heterocycles. The number of thioether (sulfide) groups is 1. The second-order valence-electron chi connectivity index (χ2n) is 3.30. The van der Waals surface area contributed by atoms with Gasteiger partial charge in [0.15, 0.2) is 0 Å². The van der Waals surface area contributed by atoms with Crippen LogP contribution in [0.1, 0.15) is 36.7 Å². The van der Waals surface area contributed by atoms with E-state index < -0.39 is 0 Å². The topological polar surface area (TPSA) is 38.9 Å². The van der Waals surface area contributed by atoms with Crippen molar-refractivity contribution < 1.29 is 0 Å². The van der Waals surface area contributed by atoms with Crippen LogP contribution in [0.3, 0.4) is 0 Å². The molecule has 1 aromatic rings. The Labute approximate surface area is 87.9 Å². The highest BCUT2D eigenvalue weighted by atomic mass is 32.2. The molecule has 0 aliphatic carbocycles. The Kier molecular flexibility index (Phi) is 4.22. The van der Waals surface area contributed by atoms with Crippen LogP contribution >= 0.6 is 23.1 Å². The maximum absolute atomic E-state index is 5.75. The smallest absolute Gasteiger partial charge is 0.103 e. The van der Waals surface area contributed by atoms with Crippen LogP contribution in [0, 0.1) is 0 Å². The summed E-state index contributed by atoms with van der Waals surface area (Å²) in [5.74, 6) is 1.01. The van der Waals surface area contributed by atoms with Gasteiger partial charge >= 0.3 is 0 Å². The van der Waals surface area contributed by atoms with Crippen molar-refractivity contribution in [3.8, 4) is 0 Å². The first-order valence-corrected chi connectivity index (χ1v) is 6.28. The lowest BCUT2D eigenvalue weighted by molar-refractivity contribution is 0.835. The number of rotatable bonds is 4. The molecule has 0 saturated heterocycles. The Morgan fingerprint density at radius 2 is 2.23 bits per heavy atom. The molecular weight excluding hydrogens is 200 g/mol. The summed E-state index contributed by atoms with van der Waals surface area (Å²) >= 11 is 3.64. The van der Waals surface area contributed by atoms with Crippen molar-refractivity contribution in [2.45, 2.75) is 37.8 Å². The van der Waals surface area contributed by atoms with Crippen molar-refractivity contribution in [1.82, 2.24) is 4.98 Å². The molecule has 1 unspecified atom stereocenters. The Hall–Kier alpha value is -0.0600. The highest BCUT2D eigenvalue weighted by Crippen LogP contribution is 2.23. The second-order valence-corrected chi connectivity index (χ2v) is 6.02. The van der Waals surface area contributed by atoms with Crippen LogP contribution in [-0.2, 0) is 5.75 Å². The number of thiazole rings is 1. The van der Waals surface area contributed by atoms with E-state index in [0.717, 1.165) is 5.75 Å². The molecule has 2 N–H and O–H groups in total. The Morgan fingerprint density at radius 1 is 1.54 bits per heavy atom. The minimum Gasteiger partial charge on any atom is -0.323 e. The third kappa shape index (κ3) is 3.67. The first-order chi connectivity index (χ1) is 6.09. The third-order valence-corrected chi connectivity index (χ3v) is 4.05. The lowest BCUT2D eigenvalue weighted by Crippen LogP contribution is -2.01. The van der Waals surface area contributed by atoms with E-state index in [1.807, 2.05) is 24.9 Å². The molecule has 74 valence electrons.